The lowest BCUT2D eigenvalue weighted by Gasteiger charge is -2.21. The quantitative estimate of drug-likeness (QED) is 0.223. The fraction of sp³-hybridized carbons (Fsp3) is 0.241. The standard InChI is InChI=1S/C29H27N5O4S2/c1-2-38-24-12-15-26-27(20-24)39-29(32-26)34(21-22-8-4-3-5-9-22)28(35)23-10-13-25(14-11-23)40(36,37)33(18-6-16-30)19-7-17-31/h3-5,8-15,20H,2,6-7,18-19,21H2,1H3. The van der Waals surface area contributed by atoms with E-state index in [4.69, 9.17) is 20.2 Å². The molecule has 0 aliphatic carbocycles. The second kappa shape index (κ2) is 13.2. The average Bonchev–Trinajstić information content (AvgIpc) is 3.39. The van der Waals surface area contributed by atoms with E-state index in [1.165, 1.54) is 35.6 Å². The Morgan fingerprint density at radius 1 is 0.975 bits per heavy atom. The molecule has 0 atom stereocenters. The molecule has 40 heavy (non-hydrogen) atoms. The number of sulfonamides is 1. The molecule has 1 aromatic heterocycles. The number of nitrogens with zero attached hydrogens (tertiary/aromatic N) is 5. The first-order chi connectivity index (χ1) is 19.4. The number of carbonyl (C=O) groups is 1. The van der Waals surface area contributed by atoms with Gasteiger partial charge >= 0.3 is 0 Å². The van der Waals surface area contributed by atoms with Crippen molar-refractivity contribution in [1.82, 2.24) is 9.29 Å². The first-order valence-electron chi connectivity index (χ1n) is 12.6. The number of rotatable bonds is 12. The Morgan fingerprint density at radius 3 is 2.27 bits per heavy atom. The van der Waals surface area contributed by atoms with Crippen molar-refractivity contribution >= 4 is 42.6 Å². The monoisotopic (exact) mass is 573 g/mol. The minimum absolute atomic E-state index is 0.00387. The number of hydrogen-bond donors (Lipinski definition) is 0. The van der Waals surface area contributed by atoms with Gasteiger partial charge in [-0.25, -0.2) is 13.4 Å². The van der Waals surface area contributed by atoms with Gasteiger partial charge in [-0.1, -0.05) is 41.7 Å². The van der Waals surface area contributed by atoms with Crippen molar-refractivity contribution in [2.75, 3.05) is 24.6 Å². The number of ether oxygens (including phenoxy) is 1. The number of nitriles is 2. The fourth-order valence-corrected chi connectivity index (χ4v) is 6.47. The fourth-order valence-electron chi connectivity index (χ4n) is 4.03. The zero-order valence-corrected chi connectivity index (χ0v) is 23.5. The second-order valence-electron chi connectivity index (χ2n) is 8.68. The summed E-state index contributed by atoms with van der Waals surface area (Å²) in [4.78, 5) is 20.1. The smallest absolute Gasteiger partial charge is 0.260 e. The highest BCUT2D eigenvalue weighted by Gasteiger charge is 2.26. The van der Waals surface area contributed by atoms with E-state index in [1.54, 1.807) is 4.90 Å². The molecule has 0 saturated heterocycles. The second-order valence-corrected chi connectivity index (χ2v) is 11.6. The van der Waals surface area contributed by atoms with Gasteiger partial charge in [-0.2, -0.15) is 14.8 Å². The molecule has 4 aromatic rings. The number of amides is 1. The molecule has 0 radical (unpaired) electrons. The van der Waals surface area contributed by atoms with Gasteiger partial charge in [0.05, 0.1) is 40.4 Å². The Hall–Kier alpha value is -4.29. The van der Waals surface area contributed by atoms with Crippen LogP contribution in [0, 0.1) is 22.7 Å². The molecular weight excluding hydrogens is 546 g/mol. The van der Waals surface area contributed by atoms with Crippen molar-refractivity contribution in [2.45, 2.75) is 31.2 Å². The summed E-state index contributed by atoms with van der Waals surface area (Å²) >= 11 is 1.37. The molecule has 0 unspecified atom stereocenters. The Labute approximate surface area is 237 Å². The van der Waals surface area contributed by atoms with Gasteiger partial charge in [-0.3, -0.25) is 9.69 Å². The maximum Gasteiger partial charge on any atom is 0.260 e. The average molecular weight is 574 g/mol. The molecular formula is C29H27N5O4S2. The summed E-state index contributed by atoms with van der Waals surface area (Å²) in [6, 6.07) is 24.7. The van der Waals surface area contributed by atoms with E-state index in [9.17, 15) is 13.2 Å². The number of carbonyl (C=O) groups excluding carboxylic acids is 1. The number of thiazole rings is 1. The summed E-state index contributed by atoms with van der Waals surface area (Å²) < 4.78 is 34.0. The summed E-state index contributed by atoms with van der Waals surface area (Å²) in [7, 11) is -3.95. The van der Waals surface area contributed by atoms with Crippen molar-refractivity contribution in [3.8, 4) is 17.9 Å². The Balaban J connectivity index is 1.66. The van der Waals surface area contributed by atoms with E-state index in [2.05, 4.69) is 0 Å². The third kappa shape index (κ3) is 6.64. The van der Waals surface area contributed by atoms with E-state index in [1.807, 2.05) is 67.6 Å². The van der Waals surface area contributed by atoms with E-state index < -0.39 is 10.0 Å². The maximum atomic E-state index is 13.8. The zero-order valence-electron chi connectivity index (χ0n) is 21.9. The van der Waals surface area contributed by atoms with Crippen LogP contribution in [-0.2, 0) is 16.6 Å². The van der Waals surface area contributed by atoms with Crippen LogP contribution in [0.25, 0.3) is 10.2 Å². The van der Waals surface area contributed by atoms with E-state index in [-0.39, 0.29) is 43.3 Å². The SMILES string of the molecule is CCOc1ccc2nc(N(Cc3ccccc3)C(=O)c3ccc(S(=O)(=O)N(CCC#N)CCC#N)cc3)sc2c1. The Bertz CT molecular complexity index is 1640. The van der Waals surface area contributed by atoms with Crippen molar-refractivity contribution in [3.05, 3.63) is 83.9 Å². The molecule has 0 fully saturated rings. The van der Waals surface area contributed by atoms with Gasteiger partial charge in [-0.15, -0.1) is 0 Å². The lowest BCUT2D eigenvalue weighted by molar-refractivity contribution is 0.0985. The number of anilines is 1. The first-order valence-corrected chi connectivity index (χ1v) is 14.9. The molecule has 3 aromatic carbocycles. The van der Waals surface area contributed by atoms with Crippen molar-refractivity contribution in [3.63, 3.8) is 0 Å². The number of hydrogen-bond acceptors (Lipinski definition) is 8. The van der Waals surface area contributed by atoms with Gasteiger partial charge in [0.2, 0.25) is 10.0 Å². The summed E-state index contributed by atoms with van der Waals surface area (Å²) in [6.07, 6.45) is 0.00775. The van der Waals surface area contributed by atoms with Crippen LogP contribution in [0.15, 0.2) is 77.7 Å². The number of benzene rings is 3. The summed E-state index contributed by atoms with van der Waals surface area (Å²) in [6.45, 7) is 2.68. The molecule has 0 saturated carbocycles. The van der Waals surface area contributed by atoms with Crippen molar-refractivity contribution in [1.29, 1.82) is 10.5 Å². The van der Waals surface area contributed by atoms with Gasteiger partial charge in [0, 0.05) is 31.5 Å². The topological polar surface area (TPSA) is 127 Å². The van der Waals surface area contributed by atoms with Crippen molar-refractivity contribution in [2.24, 2.45) is 0 Å². The molecule has 0 aliphatic heterocycles. The van der Waals surface area contributed by atoms with Gasteiger partial charge in [0.15, 0.2) is 5.13 Å². The summed E-state index contributed by atoms with van der Waals surface area (Å²) in [5, 5.41) is 18.3. The molecule has 11 heteroatoms. The third-order valence-electron chi connectivity index (χ3n) is 6.00. The summed E-state index contributed by atoms with van der Waals surface area (Å²) in [5.74, 6) is 0.393. The van der Waals surface area contributed by atoms with E-state index >= 15 is 0 Å². The molecule has 9 nitrogen and oxygen atoms in total. The number of fused-ring (bicyclic) bond motifs is 1. The number of aromatic nitrogens is 1. The van der Waals surface area contributed by atoms with Crippen LogP contribution >= 0.6 is 11.3 Å². The highest BCUT2D eigenvalue weighted by Crippen LogP contribution is 2.33. The molecule has 0 spiro atoms. The zero-order chi connectivity index (χ0) is 28.5. The third-order valence-corrected chi connectivity index (χ3v) is 8.96. The maximum absolute atomic E-state index is 13.8. The minimum atomic E-state index is -3.95. The van der Waals surface area contributed by atoms with Crippen LogP contribution in [0.1, 0.15) is 35.7 Å². The lowest BCUT2D eigenvalue weighted by Crippen LogP contribution is -2.33. The van der Waals surface area contributed by atoms with Gasteiger partial charge < -0.3 is 4.74 Å². The van der Waals surface area contributed by atoms with Crippen LogP contribution in [-0.4, -0.2) is 43.3 Å². The lowest BCUT2D eigenvalue weighted by atomic mass is 10.1. The van der Waals surface area contributed by atoms with E-state index in [0.29, 0.717) is 17.3 Å². The van der Waals surface area contributed by atoms with Crippen LogP contribution in [0.3, 0.4) is 0 Å². The predicted molar refractivity (Wildman–Crippen MR) is 153 cm³/mol. The van der Waals surface area contributed by atoms with Crippen LogP contribution in [0.4, 0.5) is 5.13 Å². The molecule has 204 valence electrons. The van der Waals surface area contributed by atoms with Gasteiger partial charge in [0.1, 0.15) is 5.75 Å². The molecule has 0 aliphatic rings. The molecule has 4 rings (SSSR count). The molecule has 1 amide bonds. The van der Waals surface area contributed by atoms with Crippen LogP contribution in [0.5, 0.6) is 5.75 Å². The molecule has 0 N–H and O–H groups in total. The van der Waals surface area contributed by atoms with Gasteiger partial charge in [-0.05, 0) is 55.0 Å². The Morgan fingerprint density at radius 2 is 1.65 bits per heavy atom. The predicted octanol–water partition coefficient (Wildman–Crippen LogP) is 5.36. The first kappa shape index (κ1) is 28.7. The molecule has 0 bridgehead atoms. The minimum Gasteiger partial charge on any atom is -0.494 e. The highest BCUT2D eigenvalue weighted by atomic mass is 32.2. The molecule has 1 heterocycles. The largest absolute Gasteiger partial charge is 0.494 e. The Kier molecular flexibility index (Phi) is 9.46. The van der Waals surface area contributed by atoms with E-state index in [0.717, 1.165) is 25.8 Å². The van der Waals surface area contributed by atoms with Crippen LogP contribution < -0.4 is 9.64 Å². The highest BCUT2D eigenvalue weighted by molar-refractivity contribution is 7.89. The van der Waals surface area contributed by atoms with Gasteiger partial charge in [0.25, 0.3) is 5.91 Å². The summed E-state index contributed by atoms with van der Waals surface area (Å²) in [5.41, 5.74) is 1.95. The normalized spacial score (nSPS) is 11.2. The van der Waals surface area contributed by atoms with Crippen LogP contribution in [0.2, 0.25) is 0 Å². The van der Waals surface area contributed by atoms with Crippen molar-refractivity contribution < 1.29 is 17.9 Å².